The molecule has 0 saturated carbocycles. The maximum atomic E-state index is 11.9. The summed E-state index contributed by atoms with van der Waals surface area (Å²) in [6.07, 6.45) is 1.80. The summed E-state index contributed by atoms with van der Waals surface area (Å²) in [5.74, 6) is -0.202. The summed E-state index contributed by atoms with van der Waals surface area (Å²) in [6.45, 7) is 4.85. The van der Waals surface area contributed by atoms with E-state index in [0.29, 0.717) is 18.8 Å². The summed E-state index contributed by atoms with van der Waals surface area (Å²) in [7, 11) is 1.61. The summed E-state index contributed by atoms with van der Waals surface area (Å²) in [5.41, 5.74) is 2.05. The maximum absolute atomic E-state index is 11.9. The second-order valence-corrected chi connectivity index (χ2v) is 4.77. The van der Waals surface area contributed by atoms with Gasteiger partial charge in [0.2, 0.25) is 0 Å². The minimum absolute atomic E-state index is 0.202. The predicted octanol–water partition coefficient (Wildman–Crippen LogP) is 1.26. The number of carbonyl (C=O) groups excluding carboxylic acids is 1. The highest BCUT2D eigenvalue weighted by atomic mass is 16.5. The number of nitrogens with one attached hydrogen (secondary N) is 2. The van der Waals surface area contributed by atoms with Crippen LogP contribution >= 0.6 is 0 Å². The van der Waals surface area contributed by atoms with E-state index in [9.17, 15) is 4.79 Å². The van der Waals surface area contributed by atoms with E-state index in [2.05, 4.69) is 20.6 Å². The zero-order chi connectivity index (χ0) is 14.5. The Morgan fingerprint density at radius 2 is 2.35 bits per heavy atom. The van der Waals surface area contributed by atoms with Crippen molar-refractivity contribution in [2.45, 2.75) is 33.0 Å². The van der Waals surface area contributed by atoms with Crippen molar-refractivity contribution in [3.8, 4) is 0 Å². The standard InChI is InChI=1S/C13H19N5O2/c1-9(2)18-5-4-12(17-18)13(19)14-7-10-6-11(8-20-3)16-15-10/h4-6,9H,7-8H2,1-3H3,(H,14,19)(H,15,16). The lowest BCUT2D eigenvalue weighted by Crippen LogP contribution is -2.23. The lowest BCUT2D eigenvalue weighted by Gasteiger charge is -2.04. The van der Waals surface area contributed by atoms with Crippen LogP contribution < -0.4 is 5.32 Å². The number of rotatable bonds is 6. The molecule has 7 nitrogen and oxygen atoms in total. The van der Waals surface area contributed by atoms with Crippen LogP contribution in [-0.2, 0) is 17.9 Å². The average Bonchev–Trinajstić information content (AvgIpc) is 3.05. The van der Waals surface area contributed by atoms with Gasteiger partial charge in [-0.3, -0.25) is 14.6 Å². The molecule has 0 radical (unpaired) electrons. The van der Waals surface area contributed by atoms with E-state index in [1.807, 2.05) is 19.9 Å². The summed E-state index contributed by atoms with van der Waals surface area (Å²) in [4.78, 5) is 11.9. The van der Waals surface area contributed by atoms with Crippen molar-refractivity contribution in [3.05, 3.63) is 35.4 Å². The highest BCUT2D eigenvalue weighted by Gasteiger charge is 2.11. The van der Waals surface area contributed by atoms with Crippen LogP contribution in [0.15, 0.2) is 18.3 Å². The molecular formula is C13H19N5O2. The molecule has 0 spiro atoms. The average molecular weight is 277 g/mol. The van der Waals surface area contributed by atoms with Gasteiger partial charge in [0.1, 0.15) is 5.69 Å². The first kappa shape index (κ1) is 14.3. The van der Waals surface area contributed by atoms with Gasteiger partial charge in [-0.05, 0) is 26.0 Å². The van der Waals surface area contributed by atoms with Crippen molar-refractivity contribution in [2.75, 3.05) is 7.11 Å². The van der Waals surface area contributed by atoms with Gasteiger partial charge in [-0.2, -0.15) is 10.2 Å². The Morgan fingerprint density at radius 1 is 1.55 bits per heavy atom. The van der Waals surface area contributed by atoms with Gasteiger partial charge in [-0.15, -0.1) is 0 Å². The van der Waals surface area contributed by atoms with Crippen molar-refractivity contribution in [1.29, 1.82) is 0 Å². The largest absolute Gasteiger partial charge is 0.378 e. The Morgan fingerprint density at radius 3 is 3.00 bits per heavy atom. The SMILES string of the molecule is COCc1cc(CNC(=O)c2ccn(C(C)C)n2)[nH]n1. The molecule has 1 amide bonds. The molecule has 0 aliphatic rings. The van der Waals surface area contributed by atoms with Crippen LogP contribution in [-0.4, -0.2) is 33.0 Å². The van der Waals surface area contributed by atoms with E-state index < -0.39 is 0 Å². The molecule has 2 rings (SSSR count). The number of ether oxygens (including phenoxy) is 1. The third kappa shape index (κ3) is 3.45. The van der Waals surface area contributed by atoms with Crippen molar-refractivity contribution >= 4 is 5.91 Å². The van der Waals surface area contributed by atoms with Crippen LogP contribution in [0.1, 0.15) is 41.8 Å². The number of methoxy groups -OCH3 is 1. The molecule has 0 aliphatic heterocycles. The maximum Gasteiger partial charge on any atom is 0.272 e. The summed E-state index contributed by atoms with van der Waals surface area (Å²) < 4.78 is 6.73. The van der Waals surface area contributed by atoms with Crippen LogP contribution in [0, 0.1) is 0 Å². The van der Waals surface area contributed by atoms with Crippen molar-refractivity contribution in [1.82, 2.24) is 25.3 Å². The van der Waals surface area contributed by atoms with E-state index in [1.165, 1.54) is 0 Å². The lowest BCUT2D eigenvalue weighted by molar-refractivity contribution is 0.0944. The van der Waals surface area contributed by atoms with Crippen LogP contribution in [0.25, 0.3) is 0 Å². The van der Waals surface area contributed by atoms with Crippen LogP contribution in [0.4, 0.5) is 0 Å². The molecule has 0 aromatic carbocycles. The Hall–Kier alpha value is -2.15. The number of amides is 1. The monoisotopic (exact) mass is 277 g/mol. The van der Waals surface area contributed by atoms with Gasteiger partial charge in [-0.25, -0.2) is 0 Å². The van der Waals surface area contributed by atoms with Crippen LogP contribution in [0.5, 0.6) is 0 Å². The van der Waals surface area contributed by atoms with Gasteiger partial charge in [0.05, 0.1) is 24.5 Å². The molecule has 20 heavy (non-hydrogen) atoms. The van der Waals surface area contributed by atoms with Crippen LogP contribution in [0.3, 0.4) is 0 Å². The number of hydrogen-bond donors (Lipinski definition) is 2. The Bertz CT molecular complexity index is 573. The molecule has 0 fully saturated rings. The summed E-state index contributed by atoms with van der Waals surface area (Å²) >= 11 is 0. The normalized spacial score (nSPS) is 11.0. The van der Waals surface area contributed by atoms with Crippen LogP contribution in [0.2, 0.25) is 0 Å². The molecule has 0 atom stereocenters. The highest BCUT2D eigenvalue weighted by Crippen LogP contribution is 2.05. The van der Waals surface area contributed by atoms with E-state index in [0.717, 1.165) is 11.4 Å². The summed E-state index contributed by atoms with van der Waals surface area (Å²) in [6, 6.07) is 3.80. The number of aromatic nitrogens is 4. The van der Waals surface area contributed by atoms with Crippen molar-refractivity contribution in [3.63, 3.8) is 0 Å². The molecule has 0 aliphatic carbocycles. The zero-order valence-electron chi connectivity index (χ0n) is 11.9. The van der Waals surface area contributed by atoms with Gasteiger partial charge in [0.25, 0.3) is 5.91 Å². The minimum Gasteiger partial charge on any atom is -0.378 e. The molecule has 7 heteroatoms. The lowest BCUT2D eigenvalue weighted by atomic mass is 10.3. The number of aromatic amines is 1. The number of carbonyl (C=O) groups is 1. The van der Waals surface area contributed by atoms with Gasteiger partial charge >= 0.3 is 0 Å². The zero-order valence-corrected chi connectivity index (χ0v) is 11.9. The molecule has 108 valence electrons. The molecule has 0 bridgehead atoms. The van der Waals surface area contributed by atoms with E-state index in [-0.39, 0.29) is 11.9 Å². The number of nitrogens with zero attached hydrogens (tertiary/aromatic N) is 3. The molecule has 2 N–H and O–H groups in total. The third-order valence-electron chi connectivity index (χ3n) is 2.79. The molecular weight excluding hydrogens is 258 g/mol. The van der Waals surface area contributed by atoms with Gasteiger partial charge in [0, 0.05) is 19.3 Å². The minimum atomic E-state index is -0.202. The fourth-order valence-electron chi connectivity index (χ4n) is 1.73. The molecule has 2 heterocycles. The Labute approximate surface area is 117 Å². The molecule has 0 unspecified atom stereocenters. The summed E-state index contributed by atoms with van der Waals surface area (Å²) in [5, 5.41) is 13.9. The molecule has 2 aromatic rings. The first-order chi connectivity index (χ1) is 9.60. The first-order valence-corrected chi connectivity index (χ1v) is 6.45. The second-order valence-electron chi connectivity index (χ2n) is 4.77. The fraction of sp³-hybridized carbons (Fsp3) is 0.462. The van der Waals surface area contributed by atoms with E-state index in [4.69, 9.17) is 4.74 Å². The topological polar surface area (TPSA) is 84.8 Å². The van der Waals surface area contributed by atoms with Crippen molar-refractivity contribution in [2.24, 2.45) is 0 Å². The third-order valence-corrected chi connectivity index (χ3v) is 2.79. The highest BCUT2D eigenvalue weighted by molar-refractivity contribution is 5.92. The van der Waals surface area contributed by atoms with E-state index in [1.54, 1.807) is 24.1 Å². The molecule has 2 aromatic heterocycles. The number of hydrogen-bond acceptors (Lipinski definition) is 4. The predicted molar refractivity (Wildman–Crippen MR) is 73.1 cm³/mol. The number of H-pyrrole nitrogens is 1. The van der Waals surface area contributed by atoms with E-state index >= 15 is 0 Å². The Balaban J connectivity index is 1.90. The van der Waals surface area contributed by atoms with Crippen molar-refractivity contribution < 1.29 is 9.53 Å². The van der Waals surface area contributed by atoms with Gasteiger partial charge in [-0.1, -0.05) is 0 Å². The first-order valence-electron chi connectivity index (χ1n) is 6.45. The second kappa shape index (κ2) is 6.33. The smallest absolute Gasteiger partial charge is 0.272 e. The fourth-order valence-corrected chi connectivity index (χ4v) is 1.73. The van der Waals surface area contributed by atoms with Gasteiger partial charge in [0.15, 0.2) is 0 Å². The van der Waals surface area contributed by atoms with Gasteiger partial charge < -0.3 is 10.1 Å². The molecule has 0 saturated heterocycles. The Kier molecular flexibility index (Phi) is 4.52. The quantitative estimate of drug-likeness (QED) is 0.832.